The van der Waals surface area contributed by atoms with Crippen LogP contribution < -0.4 is 10.6 Å². The first-order valence-electron chi connectivity index (χ1n) is 6.86. The van der Waals surface area contributed by atoms with Gasteiger partial charge in [-0.2, -0.15) is 0 Å². The highest BCUT2D eigenvalue weighted by atomic mass is 35.5. The lowest BCUT2D eigenvalue weighted by Crippen LogP contribution is -2.28. The summed E-state index contributed by atoms with van der Waals surface area (Å²) in [6.45, 7) is 0.422. The molecule has 2 heterocycles. The van der Waals surface area contributed by atoms with Crippen LogP contribution in [0.15, 0.2) is 54.2 Å². The fraction of sp³-hybridized carbons (Fsp3) is 0.0625. The van der Waals surface area contributed by atoms with E-state index in [1.807, 2.05) is 29.6 Å². The van der Waals surface area contributed by atoms with Gasteiger partial charge in [0, 0.05) is 34.9 Å². The number of rotatable bonds is 4. The molecule has 116 valence electrons. The van der Waals surface area contributed by atoms with E-state index in [0.29, 0.717) is 16.7 Å². The number of nitrogens with one attached hydrogen (secondary N) is 2. The Labute approximate surface area is 142 Å². The highest BCUT2D eigenvalue weighted by molar-refractivity contribution is 7.14. The van der Waals surface area contributed by atoms with Crippen LogP contribution in [-0.4, -0.2) is 16.0 Å². The standard InChI is InChI=1S/C16H13ClN4OS/c17-13-3-1-11(2-4-13)9-19-15(22)21-16-20-14(10-23-16)12-5-7-18-8-6-12/h1-8,10H,9H2,(H2,19,20,21,22). The Morgan fingerprint density at radius 2 is 1.87 bits per heavy atom. The van der Waals surface area contributed by atoms with E-state index in [2.05, 4.69) is 20.6 Å². The van der Waals surface area contributed by atoms with E-state index in [0.717, 1.165) is 16.8 Å². The molecule has 0 spiro atoms. The molecule has 0 fully saturated rings. The SMILES string of the molecule is O=C(NCc1ccc(Cl)cc1)Nc1nc(-c2ccncc2)cs1. The predicted molar refractivity (Wildman–Crippen MR) is 92.7 cm³/mol. The Morgan fingerprint density at radius 3 is 2.61 bits per heavy atom. The smallest absolute Gasteiger partial charge is 0.321 e. The Balaban J connectivity index is 1.56. The molecule has 0 saturated heterocycles. The van der Waals surface area contributed by atoms with E-state index in [9.17, 15) is 4.79 Å². The van der Waals surface area contributed by atoms with Gasteiger partial charge in [0.05, 0.1) is 5.69 Å². The van der Waals surface area contributed by atoms with Crippen LogP contribution >= 0.6 is 22.9 Å². The zero-order chi connectivity index (χ0) is 16.1. The quantitative estimate of drug-likeness (QED) is 0.746. The van der Waals surface area contributed by atoms with Crippen LogP contribution in [0.4, 0.5) is 9.93 Å². The molecule has 5 nitrogen and oxygen atoms in total. The fourth-order valence-electron chi connectivity index (χ4n) is 1.91. The minimum Gasteiger partial charge on any atom is -0.334 e. The Hall–Kier alpha value is -2.44. The number of carbonyl (C=O) groups is 1. The third-order valence-electron chi connectivity index (χ3n) is 3.07. The zero-order valence-electron chi connectivity index (χ0n) is 12.0. The van der Waals surface area contributed by atoms with E-state index in [1.165, 1.54) is 11.3 Å². The van der Waals surface area contributed by atoms with E-state index in [1.54, 1.807) is 24.5 Å². The second kappa shape index (κ2) is 7.21. The normalized spacial score (nSPS) is 10.3. The summed E-state index contributed by atoms with van der Waals surface area (Å²) in [5.41, 5.74) is 2.75. The molecule has 0 atom stereocenters. The van der Waals surface area contributed by atoms with Crippen molar-refractivity contribution in [3.8, 4) is 11.3 Å². The van der Waals surface area contributed by atoms with Crippen molar-refractivity contribution < 1.29 is 4.79 Å². The summed E-state index contributed by atoms with van der Waals surface area (Å²) >= 11 is 7.20. The summed E-state index contributed by atoms with van der Waals surface area (Å²) in [7, 11) is 0. The average molecular weight is 345 g/mol. The third-order valence-corrected chi connectivity index (χ3v) is 4.08. The molecule has 2 amide bonds. The van der Waals surface area contributed by atoms with Crippen LogP contribution in [0.3, 0.4) is 0 Å². The van der Waals surface area contributed by atoms with Crippen molar-refractivity contribution in [1.82, 2.24) is 15.3 Å². The number of hydrogen-bond donors (Lipinski definition) is 2. The number of nitrogens with zero attached hydrogens (tertiary/aromatic N) is 2. The van der Waals surface area contributed by atoms with Gasteiger partial charge in [-0.3, -0.25) is 10.3 Å². The van der Waals surface area contributed by atoms with Crippen molar-refractivity contribution in [1.29, 1.82) is 0 Å². The van der Waals surface area contributed by atoms with Crippen molar-refractivity contribution in [3.05, 3.63) is 64.8 Å². The van der Waals surface area contributed by atoms with Gasteiger partial charge in [0.15, 0.2) is 5.13 Å². The maximum atomic E-state index is 11.9. The minimum absolute atomic E-state index is 0.296. The van der Waals surface area contributed by atoms with E-state index < -0.39 is 0 Å². The molecule has 0 bridgehead atoms. The minimum atomic E-state index is -0.296. The molecule has 23 heavy (non-hydrogen) atoms. The summed E-state index contributed by atoms with van der Waals surface area (Å²) in [5, 5.41) is 8.62. The number of anilines is 1. The fourth-order valence-corrected chi connectivity index (χ4v) is 2.75. The molecule has 0 aliphatic rings. The van der Waals surface area contributed by atoms with Gasteiger partial charge in [-0.05, 0) is 29.8 Å². The summed E-state index contributed by atoms with van der Waals surface area (Å²) in [5.74, 6) is 0. The largest absolute Gasteiger partial charge is 0.334 e. The van der Waals surface area contributed by atoms with Gasteiger partial charge in [0.2, 0.25) is 0 Å². The van der Waals surface area contributed by atoms with Crippen molar-refractivity contribution >= 4 is 34.1 Å². The average Bonchev–Trinajstić information content (AvgIpc) is 3.04. The van der Waals surface area contributed by atoms with Crippen molar-refractivity contribution in [3.63, 3.8) is 0 Å². The maximum Gasteiger partial charge on any atom is 0.321 e. The number of benzene rings is 1. The van der Waals surface area contributed by atoms with Crippen LogP contribution in [0, 0.1) is 0 Å². The van der Waals surface area contributed by atoms with Gasteiger partial charge in [0.1, 0.15) is 0 Å². The van der Waals surface area contributed by atoms with Crippen LogP contribution in [0.2, 0.25) is 5.02 Å². The van der Waals surface area contributed by atoms with Gasteiger partial charge in [-0.1, -0.05) is 23.7 Å². The third kappa shape index (κ3) is 4.28. The monoisotopic (exact) mass is 344 g/mol. The molecule has 1 aromatic carbocycles. The number of thiazole rings is 1. The first-order chi connectivity index (χ1) is 11.2. The first kappa shape index (κ1) is 15.5. The van der Waals surface area contributed by atoms with Crippen molar-refractivity contribution in [2.45, 2.75) is 6.54 Å². The molecule has 0 unspecified atom stereocenters. The van der Waals surface area contributed by atoms with Gasteiger partial charge < -0.3 is 5.32 Å². The topological polar surface area (TPSA) is 66.9 Å². The predicted octanol–water partition coefficient (Wildman–Crippen LogP) is 4.18. The number of pyridine rings is 1. The second-order valence-electron chi connectivity index (χ2n) is 4.71. The molecular formula is C16H13ClN4OS. The molecule has 0 radical (unpaired) electrons. The maximum absolute atomic E-state index is 11.9. The van der Waals surface area contributed by atoms with Crippen LogP contribution in [-0.2, 0) is 6.54 Å². The lowest BCUT2D eigenvalue weighted by atomic mass is 10.2. The summed E-state index contributed by atoms with van der Waals surface area (Å²) < 4.78 is 0. The molecule has 0 saturated carbocycles. The second-order valence-corrected chi connectivity index (χ2v) is 6.00. The Kier molecular flexibility index (Phi) is 4.85. The molecule has 3 rings (SSSR count). The van der Waals surface area contributed by atoms with Gasteiger partial charge in [0.25, 0.3) is 0 Å². The van der Waals surface area contributed by atoms with Gasteiger partial charge in [-0.25, -0.2) is 9.78 Å². The molecule has 3 aromatic rings. The number of carbonyl (C=O) groups excluding carboxylic acids is 1. The number of aromatic nitrogens is 2. The van der Waals surface area contributed by atoms with E-state index >= 15 is 0 Å². The molecule has 2 N–H and O–H groups in total. The van der Waals surface area contributed by atoms with E-state index in [4.69, 9.17) is 11.6 Å². The van der Waals surface area contributed by atoms with Gasteiger partial charge >= 0.3 is 6.03 Å². The Bertz CT molecular complexity index is 789. The molecule has 0 aliphatic carbocycles. The summed E-state index contributed by atoms with van der Waals surface area (Å²) in [6.07, 6.45) is 3.42. The van der Waals surface area contributed by atoms with Crippen LogP contribution in [0.1, 0.15) is 5.56 Å². The number of hydrogen-bond acceptors (Lipinski definition) is 4. The van der Waals surface area contributed by atoms with Crippen LogP contribution in [0.5, 0.6) is 0 Å². The Morgan fingerprint density at radius 1 is 1.13 bits per heavy atom. The summed E-state index contributed by atoms with van der Waals surface area (Å²) in [6, 6.07) is 10.8. The molecular weight excluding hydrogens is 332 g/mol. The highest BCUT2D eigenvalue weighted by Crippen LogP contribution is 2.24. The lowest BCUT2D eigenvalue weighted by Gasteiger charge is -2.05. The number of halogens is 1. The molecule has 0 aliphatic heterocycles. The lowest BCUT2D eigenvalue weighted by molar-refractivity contribution is 0.251. The zero-order valence-corrected chi connectivity index (χ0v) is 13.6. The van der Waals surface area contributed by atoms with Crippen molar-refractivity contribution in [2.24, 2.45) is 0 Å². The van der Waals surface area contributed by atoms with Crippen LogP contribution in [0.25, 0.3) is 11.3 Å². The van der Waals surface area contributed by atoms with Gasteiger partial charge in [-0.15, -0.1) is 11.3 Å². The number of amides is 2. The highest BCUT2D eigenvalue weighted by Gasteiger charge is 2.07. The molecule has 7 heteroatoms. The first-order valence-corrected chi connectivity index (χ1v) is 8.12. The molecule has 2 aromatic heterocycles. The van der Waals surface area contributed by atoms with E-state index in [-0.39, 0.29) is 6.03 Å². The summed E-state index contributed by atoms with van der Waals surface area (Å²) in [4.78, 5) is 20.3. The number of urea groups is 1. The van der Waals surface area contributed by atoms with Crippen molar-refractivity contribution in [2.75, 3.05) is 5.32 Å².